The fourth-order valence-electron chi connectivity index (χ4n) is 2.00. The Hall–Kier alpha value is -1.52. The number of aliphatic hydroxyl groups is 1. The summed E-state index contributed by atoms with van der Waals surface area (Å²) in [5.74, 6) is -0.742. The second kappa shape index (κ2) is 12.8. The van der Waals surface area contributed by atoms with Crippen LogP contribution in [0.3, 0.4) is 0 Å². The van der Waals surface area contributed by atoms with Crippen LogP contribution in [0.5, 0.6) is 0 Å². The van der Waals surface area contributed by atoms with Crippen LogP contribution in [0.15, 0.2) is 0 Å². The van der Waals surface area contributed by atoms with Gasteiger partial charge in [-0.3, -0.25) is 13.8 Å². The van der Waals surface area contributed by atoms with Gasteiger partial charge in [-0.25, -0.2) is 4.79 Å². The van der Waals surface area contributed by atoms with Crippen LogP contribution in [0.4, 0.5) is 4.79 Å². The van der Waals surface area contributed by atoms with E-state index in [-0.39, 0.29) is 19.1 Å². The molecule has 0 aliphatic heterocycles. The molecule has 152 valence electrons. The van der Waals surface area contributed by atoms with Crippen LogP contribution in [-0.2, 0) is 23.2 Å². The summed E-state index contributed by atoms with van der Waals surface area (Å²) in [5, 5.41) is 12.6. The number of alkyl carbamates (subject to hydrolysis) is 1. The molecule has 3 unspecified atom stereocenters. The summed E-state index contributed by atoms with van der Waals surface area (Å²) in [4.78, 5) is 37.1. The maximum Gasteiger partial charge on any atom is 0.407 e. The van der Waals surface area contributed by atoms with Crippen LogP contribution in [0.2, 0.25) is 0 Å². The molecule has 9 nitrogen and oxygen atoms in total. The molecule has 0 aromatic carbocycles. The standard InChI is InChI=1S/C16H30N2O7S/c1-7-26-24-9-18(11(4)12(19)8-13(20)23-6)15(21)14(10(2)3)25-16(22)17-5/h10-12,14,19H,7-9H2,1-6H3,(H,17,22). The Bertz CT molecular complexity index is 462. The van der Waals surface area contributed by atoms with Crippen molar-refractivity contribution in [2.24, 2.45) is 5.92 Å². The Labute approximate surface area is 158 Å². The van der Waals surface area contributed by atoms with Crippen molar-refractivity contribution >= 4 is 30.0 Å². The first-order valence-electron chi connectivity index (χ1n) is 8.37. The average Bonchev–Trinajstić information content (AvgIpc) is 2.61. The second-order valence-electron chi connectivity index (χ2n) is 5.87. The van der Waals surface area contributed by atoms with E-state index in [0.29, 0.717) is 5.75 Å². The topological polar surface area (TPSA) is 114 Å². The predicted molar refractivity (Wildman–Crippen MR) is 97.2 cm³/mol. The molecule has 0 aromatic rings. The Morgan fingerprint density at radius 2 is 1.85 bits per heavy atom. The number of ether oxygens (including phenoxy) is 2. The summed E-state index contributed by atoms with van der Waals surface area (Å²) < 4.78 is 15.1. The first kappa shape index (κ1) is 24.5. The summed E-state index contributed by atoms with van der Waals surface area (Å²) in [7, 11) is 2.61. The number of rotatable bonds is 11. The van der Waals surface area contributed by atoms with Crippen LogP contribution in [0, 0.1) is 5.92 Å². The SMILES string of the molecule is CCSOCN(C(=O)C(OC(=O)NC)C(C)C)C(C)C(O)CC(=O)OC. The molecule has 3 atom stereocenters. The van der Waals surface area contributed by atoms with Crippen LogP contribution in [0.1, 0.15) is 34.1 Å². The van der Waals surface area contributed by atoms with Crippen LogP contribution in [-0.4, -0.2) is 72.9 Å². The molecule has 2 N–H and O–H groups in total. The largest absolute Gasteiger partial charge is 0.469 e. The van der Waals surface area contributed by atoms with E-state index in [4.69, 9.17) is 8.92 Å². The zero-order valence-electron chi connectivity index (χ0n) is 16.2. The lowest BCUT2D eigenvalue weighted by Crippen LogP contribution is -2.52. The minimum atomic E-state index is -1.16. The molecule has 2 amide bonds. The van der Waals surface area contributed by atoms with Crippen molar-refractivity contribution in [1.29, 1.82) is 0 Å². The van der Waals surface area contributed by atoms with Crippen molar-refractivity contribution in [2.45, 2.75) is 52.4 Å². The summed E-state index contributed by atoms with van der Waals surface area (Å²) in [6.07, 6.45) is -3.22. The summed E-state index contributed by atoms with van der Waals surface area (Å²) in [6.45, 7) is 6.82. The summed E-state index contributed by atoms with van der Waals surface area (Å²) >= 11 is 1.15. The molecule has 0 heterocycles. The lowest BCUT2D eigenvalue weighted by Gasteiger charge is -2.34. The third kappa shape index (κ3) is 8.24. The molecule has 0 radical (unpaired) electrons. The van der Waals surface area contributed by atoms with E-state index in [0.717, 1.165) is 12.0 Å². The smallest absolute Gasteiger partial charge is 0.407 e. The monoisotopic (exact) mass is 394 g/mol. The van der Waals surface area contributed by atoms with Gasteiger partial charge in [0.2, 0.25) is 0 Å². The minimum absolute atomic E-state index is 0.128. The molecule has 0 saturated carbocycles. The number of hydrogen-bond donors (Lipinski definition) is 2. The Kier molecular flexibility index (Phi) is 12.0. The van der Waals surface area contributed by atoms with Gasteiger partial charge in [0.25, 0.3) is 5.91 Å². The van der Waals surface area contributed by atoms with Gasteiger partial charge in [0.05, 0.1) is 25.7 Å². The lowest BCUT2D eigenvalue weighted by atomic mass is 10.0. The molecule has 0 spiro atoms. The normalized spacial score (nSPS) is 14.3. The van der Waals surface area contributed by atoms with Gasteiger partial charge in [0.15, 0.2) is 6.10 Å². The molecule has 0 fully saturated rings. The summed E-state index contributed by atoms with van der Waals surface area (Å²) in [6, 6.07) is -0.756. The van der Waals surface area contributed by atoms with Crippen LogP contribution < -0.4 is 5.32 Å². The van der Waals surface area contributed by atoms with Gasteiger partial charge in [-0.1, -0.05) is 20.8 Å². The fourth-order valence-corrected chi connectivity index (χ4v) is 2.36. The Morgan fingerprint density at radius 3 is 2.31 bits per heavy atom. The number of methoxy groups -OCH3 is 1. The highest BCUT2D eigenvalue weighted by Crippen LogP contribution is 2.18. The highest BCUT2D eigenvalue weighted by molar-refractivity contribution is 7.94. The lowest BCUT2D eigenvalue weighted by molar-refractivity contribution is -0.154. The molecule has 0 aliphatic carbocycles. The number of aliphatic hydroxyl groups excluding tert-OH is 1. The van der Waals surface area contributed by atoms with Crippen molar-refractivity contribution < 1.29 is 33.1 Å². The molecular weight excluding hydrogens is 364 g/mol. The molecule has 0 aromatic heterocycles. The predicted octanol–water partition coefficient (Wildman–Crippen LogP) is 1.15. The highest BCUT2D eigenvalue weighted by Gasteiger charge is 2.35. The average molecular weight is 394 g/mol. The van der Waals surface area contributed by atoms with Gasteiger partial charge in [-0.05, 0) is 24.9 Å². The molecule has 10 heteroatoms. The van der Waals surface area contributed by atoms with Gasteiger partial charge in [0, 0.05) is 12.8 Å². The van der Waals surface area contributed by atoms with Crippen LogP contribution in [0.25, 0.3) is 0 Å². The quantitative estimate of drug-likeness (QED) is 0.232. The number of carbonyl (C=O) groups is 3. The third-order valence-corrected chi connectivity index (χ3v) is 4.12. The van der Waals surface area contributed by atoms with E-state index < -0.39 is 36.2 Å². The van der Waals surface area contributed by atoms with Gasteiger partial charge in [-0.15, -0.1) is 0 Å². The number of nitrogens with zero attached hydrogens (tertiary/aromatic N) is 1. The van der Waals surface area contributed by atoms with Gasteiger partial charge in [-0.2, -0.15) is 0 Å². The first-order valence-corrected chi connectivity index (χ1v) is 9.28. The van der Waals surface area contributed by atoms with Crippen molar-refractivity contribution in [2.75, 3.05) is 26.6 Å². The van der Waals surface area contributed by atoms with Crippen LogP contribution >= 0.6 is 12.0 Å². The van der Waals surface area contributed by atoms with Crippen molar-refractivity contribution in [1.82, 2.24) is 10.2 Å². The number of amides is 2. The second-order valence-corrected chi connectivity index (χ2v) is 6.92. The van der Waals surface area contributed by atoms with E-state index in [1.165, 1.54) is 19.1 Å². The minimum Gasteiger partial charge on any atom is -0.469 e. The number of esters is 1. The first-order chi connectivity index (χ1) is 12.2. The van der Waals surface area contributed by atoms with E-state index in [2.05, 4.69) is 10.1 Å². The third-order valence-electron chi connectivity index (χ3n) is 3.62. The molecule has 0 aliphatic rings. The maximum atomic E-state index is 12.9. The van der Waals surface area contributed by atoms with E-state index in [1.54, 1.807) is 20.8 Å². The fraction of sp³-hybridized carbons (Fsp3) is 0.812. The maximum absolute atomic E-state index is 12.9. The zero-order chi connectivity index (χ0) is 20.3. The van der Waals surface area contributed by atoms with E-state index in [1.807, 2.05) is 6.92 Å². The molecular formula is C16H30N2O7S. The Morgan fingerprint density at radius 1 is 1.23 bits per heavy atom. The highest BCUT2D eigenvalue weighted by atomic mass is 32.2. The van der Waals surface area contributed by atoms with Gasteiger partial charge in [0.1, 0.15) is 6.73 Å². The van der Waals surface area contributed by atoms with Gasteiger partial charge >= 0.3 is 12.1 Å². The van der Waals surface area contributed by atoms with Gasteiger partial charge < -0.3 is 24.8 Å². The zero-order valence-corrected chi connectivity index (χ0v) is 17.0. The van der Waals surface area contributed by atoms with E-state index >= 15 is 0 Å². The number of carbonyl (C=O) groups excluding carboxylic acids is 3. The number of nitrogens with one attached hydrogen (secondary N) is 1. The number of hydrogen-bond acceptors (Lipinski definition) is 8. The van der Waals surface area contributed by atoms with Crippen molar-refractivity contribution in [3.63, 3.8) is 0 Å². The van der Waals surface area contributed by atoms with Crippen molar-refractivity contribution in [3.05, 3.63) is 0 Å². The molecule has 0 bridgehead atoms. The molecule has 26 heavy (non-hydrogen) atoms. The Balaban J connectivity index is 5.36. The summed E-state index contributed by atoms with van der Waals surface area (Å²) in [5.41, 5.74) is 0. The molecule has 0 saturated heterocycles. The van der Waals surface area contributed by atoms with E-state index in [9.17, 15) is 19.5 Å². The molecule has 0 rings (SSSR count). The van der Waals surface area contributed by atoms with Crippen molar-refractivity contribution in [3.8, 4) is 0 Å².